The highest BCUT2D eigenvalue weighted by molar-refractivity contribution is 6.22. The number of hydrogen-bond donors (Lipinski definition) is 1. The third kappa shape index (κ3) is 5.19. The van der Waals surface area contributed by atoms with Gasteiger partial charge in [-0.15, -0.1) is 0 Å². The SMILES string of the molecule is COc1ccc(NC(=O)C[C@@H]2C(=O)N(c3ccc(OC)cc3)C(=O)N2CCC(C)C)cc1. The summed E-state index contributed by atoms with van der Waals surface area (Å²) >= 11 is 0. The largest absolute Gasteiger partial charge is 0.497 e. The van der Waals surface area contributed by atoms with Gasteiger partial charge in [0.15, 0.2) is 0 Å². The van der Waals surface area contributed by atoms with E-state index >= 15 is 0 Å². The average Bonchev–Trinajstić information content (AvgIpc) is 3.01. The maximum absolute atomic E-state index is 13.2. The fourth-order valence-electron chi connectivity index (χ4n) is 3.52. The summed E-state index contributed by atoms with van der Waals surface area (Å²) in [4.78, 5) is 41.8. The van der Waals surface area contributed by atoms with Crippen LogP contribution in [0.5, 0.6) is 11.5 Å². The molecule has 2 aromatic rings. The lowest BCUT2D eigenvalue weighted by molar-refractivity contribution is -0.124. The van der Waals surface area contributed by atoms with Crippen LogP contribution in [0.15, 0.2) is 48.5 Å². The van der Waals surface area contributed by atoms with Gasteiger partial charge in [-0.3, -0.25) is 9.59 Å². The number of nitrogens with one attached hydrogen (secondary N) is 1. The molecule has 170 valence electrons. The van der Waals surface area contributed by atoms with Crippen LogP contribution in [0.25, 0.3) is 0 Å². The number of hydrogen-bond acceptors (Lipinski definition) is 5. The molecule has 8 nitrogen and oxygen atoms in total. The van der Waals surface area contributed by atoms with Crippen molar-refractivity contribution in [1.29, 1.82) is 0 Å². The first-order chi connectivity index (χ1) is 15.3. The van der Waals surface area contributed by atoms with Gasteiger partial charge in [0.2, 0.25) is 5.91 Å². The van der Waals surface area contributed by atoms with E-state index in [4.69, 9.17) is 9.47 Å². The molecule has 0 aliphatic carbocycles. The lowest BCUT2D eigenvalue weighted by Crippen LogP contribution is -2.39. The Morgan fingerprint density at radius 2 is 1.53 bits per heavy atom. The zero-order chi connectivity index (χ0) is 23.3. The molecule has 1 aliphatic rings. The Balaban J connectivity index is 1.78. The number of nitrogens with zero attached hydrogens (tertiary/aromatic N) is 2. The van der Waals surface area contributed by atoms with Crippen molar-refractivity contribution in [3.05, 3.63) is 48.5 Å². The van der Waals surface area contributed by atoms with Crippen LogP contribution in [0, 0.1) is 5.92 Å². The molecule has 3 rings (SSSR count). The Morgan fingerprint density at radius 3 is 2.06 bits per heavy atom. The van der Waals surface area contributed by atoms with Gasteiger partial charge < -0.3 is 19.7 Å². The van der Waals surface area contributed by atoms with Crippen molar-refractivity contribution >= 4 is 29.2 Å². The van der Waals surface area contributed by atoms with E-state index in [0.717, 1.165) is 11.3 Å². The summed E-state index contributed by atoms with van der Waals surface area (Å²) in [7, 11) is 3.11. The van der Waals surface area contributed by atoms with Crippen LogP contribution in [0.4, 0.5) is 16.2 Å². The van der Waals surface area contributed by atoms with Gasteiger partial charge in [-0.2, -0.15) is 0 Å². The standard InChI is InChI=1S/C24H29N3O5/c1-16(2)13-14-26-21(15-22(28)25-17-5-9-19(31-3)10-6-17)23(29)27(24(26)30)18-7-11-20(32-4)12-8-18/h5-12,16,21H,13-15H2,1-4H3,(H,25,28)/t21-/m1/s1. The summed E-state index contributed by atoms with van der Waals surface area (Å²) in [6.07, 6.45) is 0.605. The van der Waals surface area contributed by atoms with Crippen LogP contribution < -0.4 is 19.7 Å². The number of rotatable bonds is 9. The summed E-state index contributed by atoms with van der Waals surface area (Å²) in [5.74, 6) is 0.900. The quantitative estimate of drug-likeness (QED) is 0.599. The fraction of sp³-hybridized carbons (Fsp3) is 0.375. The lowest BCUT2D eigenvalue weighted by Gasteiger charge is -2.22. The monoisotopic (exact) mass is 439 g/mol. The van der Waals surface area contributed by atoms with Gasteiger partial charge in [-0.1, -0.05) is 13.8 Å². The van der Waals surface area contributed by atoms with Crippen molar-refractivity contribution in [3.63, 3.8) is 0 Å². The van der Waals surface area contributed by atoms with Crippen LogP contribution >= 0.6 is 0 Å². The number of imide groups is 1. The summed E-state index contributed by atoms with van der Waals surface area (Å²) in [5.41, 5.74) is 1.04. The molecular weight excluding hydrogens is 410 g/mol. The molecule has 1 atom stereocenters. The first-order valence-corrected chi connectivity index (χ1v) is 10.6. The third-order valence-corrected chi connectivity index (χ3v) is 5.35. The van der Waals surface area contributed by atoms with Gasteiger partial charge in [-0.05, 0) is 60.9 Å². The minimum Gasteiger partial charge on any atom is -0.497 e. The number of amides is 4. The van der Waals surface area contributed by atoms with Crippen molar-refractivity contribution in [1.82, 2.24) is 4.90 Å². The Hall–Kier alpha value is -3.55. The smallest absolute Gasteiger partial charge is 0.332 e. The number of methoxy groups -OCH3 is 2. The Kier molecular flexibility index (Phi) is 7.35. The predicted octanol–water partition coefficient (Wildman–Crippen LogP) is 3.92. The molecular formula is C24H29N3O5. The van der Waals surface area contributed by atoms with E-state index in [-0.39, 0.29) is 12.3 Å². The molecule has 0 spiro atoms. The Morgan fingerprint density at radius 1 is 0.969 bits per heavy atom. The van der Waals surface area contributed by atoms with Crippen molar-refractivity contribution in [2.24, 2.45) is 5.92 Å². The summed E-state index contributed by atoms with van der Waals surface area (Å²) in [6, 6.07) is 12.3. The van der Waals surface area contributed by atoms with Crippen LogP contribution in [0.3, 0.4) is 0 Å². The molecule has 1 N–H and O–H groups in total. The minimum atomic E-state index is -0.860. The average molecular weight is 440 g/mol. The first kappa shape index (κ1) is 23.1. The second-order valence-corrected chi connectivity index (χ2v) is 8.03. The van der Waals surface area contributed by atoms with Gasteiger partial charge >= 0.3 is 6.03 Å². The molecule has 2 aromatic carbocycles. The van der Waals surface area contributed by atoms with E-state index < -0.39 is 18.0 Å². The summed E-state index contributed by atoms with van der Waals surface area (Å²) in [6.45, 7) is 4.50. The molecule has 4 amide bonds. The van der Waals surface area contributed by atoms with Crippen molar-refractivity contribution in [2.45, 2.75) is 32.7 Å². The molecule has 1 heterocycles. The van der Waals surface area contributed by atoms with E-state index in [2.05, 4.69) is 19.2 Å². The second kappa shape index (κ2) is 10.2. The number of ether oxygens (including phenoxy) is 2. The number of carbonyl (C=O) groups excluding carboxylic acids is 3. The van der Waals surface area contributed by atoms with Gasteiger partial charge in [0, 0.05) is 12.2 Å². The molecule has 32 heavy (non-hydrogen) atoms. The molecule has 0 unspecified atom stereocenters. The Bertz CT molecular complexity index is 957. The number of carbonyl (C=O) groups is 3. The fourth-order valence-corrected chi connectivity index (χ4v) is 3.52. The van der Waals surface area contributed by atoms with Crippen LogP contribution in [-0.4, -0.2) is 49.6 Å². The highest BCUT2D eigenvalue weighted by atomic mass is 16.5. The third-order valence-electron chi connectivity index (χ3n) is 5.35. The van der Waals surface area contributed by atoms with E-state index in [9.17, 15) is 14.4 Å². The van der Waals surface area contributed by atoms with Gasteiger partial charge in [0.1, 0.15) is 17.5 Å². The molecule has 0 aromatic heterocycles. The maximum Gasteiger partial charge on any atom is 0.332 e. The zero-order valence-electron chi connectivity index (χ0n) is 18.8. The van der Waals surface area contributed by atoms with Crippen LogP contribution in [0.2, 0.25) is 0 Å². The van der Waals surface area contributed by atoms with E-state index in [1.54, 1.807) is 62.8 Å². The summed E-state index contributed by atoms with van der Waals surface area (Å²) in [5, 5.41) is 2.79. The topological polar surface area (TPSA) is 88.2 Å². The number of urea groups is 1. The van der Waals surface area contributed by atoms with Crippen molar-refractivity contribution in [2.75, 3.05) is 31.0 Å². The lowest BCUT2D eigenvalue weighted by atomic mass is 10.1. The molecule has 1 fully saturated rings. The van der Waals surface area contributed by atoms with Crippen LogP contribution in [-0.2, 0) is 9.59 Å². The highest BCUT2D eigenvalue weighted by Crippen LogP contribution is 2.29. The van der Waals surface area contributed by atoms with Crippen molar-refractivity contribution in [3.8, 4) is 11.5 Å². The van der Waals surface area contributed by atoms with E-state index in [0.29, 0.717) is 35.3 Å². The molecule has 0 bridgehead atoms. The maximum atomic E-state index is 13.2. The molecule has 8 heteroatoms. The molecule has 0 radical (unpaired) electrons. The normalized spacial score (nSPS) is 16.0. The Labute approximate surface area is 188 Å². The second-order valence-electron chi connectivity index (χ2n) is 8.03. The molecule has 1 saturated heterocycles. The molecule has 0 saturated carbocycles. The highest BCUT2D eigenvalue weighted by Gasteiger charge is 2.46. The van der Waals surface area contributed by atoms with Crippen LogP contribution in [0.1, 0.15) is 26.7 Å². The van der Waals surface area contributed by atoms with Gasteiger partial charge in [0.25, 0.3) is 5.91 Å². The van der Waals surface area contributed by atoms with E-state index in [1.165, 1.54) is 4.90 Å². The van der Waals surface area contributed by atoms with Gasteiger partial charge in [-0.25, -0.2) is 9.69 Å². The zero-order valence-corrected chi connectivity index (χ0v) is 18.8. The predicted molar refractivity (Wildman–Crippen MR) is 122 cm³/mol. The van der Waals surface area contributed by atoms with Crippen molar-refractivity contribution < 1.29 is 23.9 Å². The number of anilines is 2. The van der Waals surface area contributed by atoms with Gasteiger partial charge in [0.05, 0.1) is 26.3 Å². The first-order valence-electron chi connectivity index (χ1n) is 10.6. The summed E-state index contributed by atoms with van der Waals surface area (Å²) < 4.78 is 10.3. The molecule has 1 aliphatic heterocycles. The van der Waals surface area contributed by atoms with E-state index in [1.807, 2.05) is 0 Å². The minimum absolute atomic E-state index is 0.124. The number of benzene rings is 2.